The molecule has 2 N–H and O–H groups in total. The summed E-state index contributed by atoms with van der Waals surface area (Å²) in [6.45, 7) is 1.63. The quantitative estimate of drug-likeness (QED) is 0.775. The second-order valence-electron chi connectivity index (χ2n) is 2.77. The van der Waals surface area contributed by atoms with Gasteiger partial charge in [-0.2, -0.15) is 0 Å². The van der Waals surface area contributed by atoms with Gasteiger partial charge in [-0.15, -0.1) is 0 Å². The SMILES string of the molecule is CCS(=O)(=O)Cc1ccc(N)nc1. The number of nitrogens with zero attached hydrogens (tertiary/aromatic N) is 1. The molecule has 0 bridgehead atoms. The molecule has 4 nitrogen and oxygen atoms in total. The van der Waals surface area contributed by atoms with Crippen LogP contribution in [0.15, 0.2) is 18.3 Å². The number of pyridine rings is 1. The van der Waals surface area contributed by atoms with Gasteiger partial charge in [0.2, 0.25) is 0 Å². The summed E-state index contributed by atoms with van der Waals surface area (Å²) in [6, 6.07) is 3.27. The molecule has 0 unspecified atom stereocenters. The number of rotatable bonds is 3. The molecule has 72 valence electrons. The molecule has 0 saturated carbocycles. The van der Waals surface area contributed by atoms with Crippen LogP contribution in [-0.2, 0) is 15.6 Å². The number of nitrogen functional groups attached to an aromatic ring is 1. The predicted octanol–water partition coefficient (Wildman–Crippen LogP) is 0.599. The summed E-state index contributed by atoms with van der Waals surface area (Å²) in [7, 11) is -2.97. The molecule has 0 radical (unpaired) electrons. The largest absolute Gasteiger partial charge is 0.384 e. The van der Waals surface area contributed by atoms with Crippen LogP contribution in [0.25, 0.3) is 0 Å². The van der Waals surface area contributed by atoms with Crippen LogP contribution in [0.1, 0.15) is 12.5 Å². The van der Waals surface area contributed by atoms with Gasteiger partial charge in [0.05, 0.1) is 5.75 Å². The van der Waals surface area contributed by atoms with Crippen molar-refractivity contribution < 1.29 is 8.42 Å². The lowest BCUT2D eigenvalue weighted by molar-refractivity contribution is 0.596. The van der Waals surface area contributed by atoms with Crippen LogP contribution < -0.4 is 5.73 Å². The molecule has 5 heteroatoms. The third kappa shape index (κ3) is 3.02. The average molecular weight is 200 g/mol. The van der Waals surface area contributed by atoms with Gasteiger partial charge in [0.1, 0.15) is 5.82 Å². The lowest BCUT2D eigenvalue weighted by Crippen LogP contribution is -2.06. The first-order chi connectivity index (χ1) is 6.03. The molecular formula is C8H12N2O2S. The predicted molar refractivity (Wildman–Crippen MR) is 51.8 cm³/mol. The van der Waals surface area contributed by atoms with Gasteiger partial charge >= 0.3 is 0 Å². The normalized spacial score (nSPS) is 11.5. The highest BCUT2D eigenvalue weighted by atomic mass is 32.2. The van der Waals surface area contributed by atoms with Gasteiger partial charge in [0.25, 0.3) is 0 Å². The zero-order valence-electron chi connectivity index (χ0n) is 7.40. The van der Waals surface area contributed by atoms with Crippen molar-refractivity contribution in [2.24, 2.45) is 0 Å². The molecule has 0 saturated heterocycles. The summed E-state index contributed by atoms with van der Waals surface area (Å²) in [6.07, 6.45) is 1.49. The van der Waals surface area contributed by atoms with Crippen LogP contribution in [-0.4, -0.2) is 19.2 Å². The minimum absolute atomic E-state index is 0.0385. The average Bonchev–Trinajstić information content (AvgIpc) is 2.09. The van der Waals surface area contributed by atoms with E-state index in [4.69, 9.17) is 5.73 Å². The van der Waals surface area contributed by atoms with E-state index in [-0.39, 0.29) is 11.5 Å². The van der Waals surface area contributed by atoms with Crippen LogP contribution in [0, 0.1) is 0 Å². The highest BCUT2D eigenvalue weighted by molar-refractivity contribution is 7.90. The first-order valence-electron chi connectivity index (χ1n) is 3.94. The van der Waals surface area contributed by atoms with Crippen molar-refractivity contribution in [1.82, 2.24) is 4.98 Å². The maximum atomic E-state index is 11.2. The van der Waals surface area contributed by atoms with Crippen LogP contribution in [0.4, 0.5) is 5.82 Å². The zero-order valence-corrected chi connectivity index (χ0v) is 8.21. The fourth-order valence-corrected chi connectivity index (χ4v) is 1.76. The first kappa shape index (κ1) is 9.98. The summed E-state index contributed by atoms with van der Waals surface area (Å²) in [5.41, 5.74) is 6.04. The highest BCUT2D eigenvalue weighted by Crippen LogP contribution is 2.06. The Kier molecular flexibility index (Phi) is 2.87. The lowest BCUT2D eigenvalue weighted by Gasteiger charge is -2.00. The molecule has 0 fully saturated rings. The van der Waals surface area contributed by atoms with Gasteiger partial charge in [0.15, 0.2) is 9.84 Å². The fraction of sp³-hybridized carbons (Fsp3) is 0.375. The van der Waals surface area contributed by atoms with Crippen molar-refractivity contribution in [3.8, 4) is 0 Å². The van der Waals surface area contributed by atoms with Crippen molar-refractivity contribution in [3.63, 3.8) is 0 Å². The van der Waals surface area contributed by atoms with Crippen LogP contribution in [0.3, 0.4) is 0 Å². The molecule has 0 aliphatic carbocycles. The molecule has 0 spiro atoms. The summed E-state index contributed by atoms with van der Waals surface area (Å²) < 4.78 is 22.4. The Morgan fingerprint density at radius 2 is 2.15 bits per heavy atom. The summed E-state index contributed by atoms with van der Waals surface area (Å²) >= 11 is 0. The Morgan fingerprint density at radius 1 is 1.46 bits per heavy atom. The van der Waals surface area contributed by atoms with Crippen LogP contribution in [0.2, 0.25) is 0 Å². The minimum Gasteiger partial charge on any atom is -0.384 e. The Balaban J connectivity index is 2.82. The Bertz CT molecular complexity index is 370. The van der Waals surface area contributed by atoms with E-state index in [9.17, 15) is 8.42 Å². The molecule has 0 aliphatic heterocycles. The van der Waals surface area contributed by atoms with Gasteiger partial charge in [-0.05, 0) is 11.6 Å². The smallest absolute Gasteiger partial charge is 0.154 e. The van der Waals surface area contributed by atoms with Crippen molar-refractivity contribution >= 4 is 15.7 Å². The van der Waals surface area contributed by atoms with E-state index in [0.29, 0.717) is 11.4 Å². The molecule has 0 aromatic carbocycles. The second kappa shape index (κ2) is 3.74. The number of anilines is 1. The standard InChI is InChI=1S/C8H12N2O2S/c1-2-13(11,12)6-7-3-4-8(9)10-5-7/h3-5H,2,6H2,1H3,(H2,9,10). The van der Waals surface area contributed by atoms with Gasteiger partial charge in [-0.1, -0.05) is 13.0 Å². The summed E-state index contributed by atoms with van der Waals surface area (Å²) in [5.74, 6) is 0.589. The van der Waals surface area contributed by atoms with E-state index in [1.54, 1.807) is 19.1 Å². The Labute approximate surface area is 77.7 Å². The number of sulfone groups is 1. The second-order valence-corrected chi connectivity index (χ2v) is 5.12. The van der Waals surface area contributed by atoms with Gasteiger partial charge in [0, 0.05) is 11.9 Å². The first-order valence-corrected chi connectivity index (χ1v) is 5.76. The third-order valence-electron chi connectivity index (χ3n) is 1.67. The molecule has 0 amide bonds. The lowest BCUT2D eigenvalue weighted by atomic mass is 10.3. The molecule has 1 aromatic rings. The van der Waals surface area contributed by atoms with Crippen molar-refractivity contribution in [3.05, 3.63) is 23.9 Å². The molecule has 1 heterocycles. The van der Waals surface area contributed by atoms with Crippen molar-refractivity contribution in [1.29, 1.82) is 0 Å². The highest BCUT2D eigenvalue weighted by Gasteiger charge is 2.08. The van der Waals surface area contributed by atoms with Crippen LogP contribution in [0.5, 0.6) is 0 Å². The topological polar surface area (TPSA) is 73.0 Å². The van der Waals surface area contributed by atoms with Crippen molar-refractivity contribution in [2.45, 2.75) is 12.7 Å². The molecule has 0 atom stereocenters. The minimum atomic E-state index is -2.97. The maximum absolute atomic E-state index is 11.2. The Hall–Kier alpha value is -1.10. The zero-order chi connectivity index (χ0) is 9.90. The third-order valence-corrected chi connectivity index (χ3v) is 3.33. The van der Waals surface area contributed by atoms with Gasteiger partial charge < -0.3 is 5.73 Å². The number of aromatic nitrogens is 1. The summed E-state index contributed by atoms with van der Waals surface area (Å²) in [5, 5.41) is 0. The molecule has 13 heavy (non-hydrogen) atoms. The van der Waals surface area contributed by atoms with E-state index in [2.05, 4.69) is 4.98 Å². The molecular weight excluding hydrogens is 188 g/mol. The van der Waals surface area contributed by atoms with E-state index in [0.717, 1.165) is 0 Å². The number of hydrogen-bond acceptors (Lipinski definition) is 4. The van der Waals surface area contributed by atoms with E-state index in [1.165, 1.54) is 6.20 Å². The monoisotopic (exact) mass is 200 g/mol. The fourth-order valence-electron chi connectivity index (χ4n) is 0.877. The Morgan fingerprint density at radius 3 is 2.62 bits per heavy atom. The number of hydrogen-bond donors (Lipinski definition) is 1. The van der Waals surface area contributed by atoms with Crippen molar-refractivity contribution in [2.75, 3.05) is 11.5 Å². The molecule has 1 rings (SSSR count). The molecule has 0 aliphatic rings. The van der Waals surface area contributed by atoms with E-state index in [1.807, 2.05) is 0 Å². The van der Waals surface area contributed by atoms with Gasteiger partial charge in [-0.3, -0.25) is 0 Å². The van der Waals surface area contributed by atoms with E-state index < -0.39 is 9.84 Å². The molecule has 1 aromatic heterocycles. The summed E-state index contributed by atoms with van der Waals surface area (Å²) in [4.78, 5) is 3.81. The van der Waals surface area contributed by atoms with Crippen LogP contribution >= 0.6 is 0 Å². The van der Waals surface area contributed by atoms with E-state index >= 15 is 0 Å². The maximum Gasteiger partial charge on any atom is 0.154 e. The number of nitrogens with two attached hydrogens (primary N) is 1. The van der Waals surface area contributed by atoms with Gasteiger partial charge in [-0.25, -0.2) is 13.4 Å².